The topological polar surface area (TPSA) is 75.7 Å². The smallest absolute Gasteiger partial charge is 0.232 e. The van der Waals surface area contributed by atoms with Crippen molar-refractivity contribution < 1.29 is 17.9 Å². The van der Waals surface area contributed by atoms with Crippen LogP contribution in [0.2, 0.25) is 0 Å². The zero-order valence-electron chi connectivity index (χ0n) is 14.4. The minimum Gasteiger partial charge on any atom is -0.497 e. The maximum Gasteiger partial charge on any atom is 0.232 e. The molecule has 1 rings (SSSR count). The Morgan fingerprint density at radius 1 is 1.22 bits per heavy atom. The van der Waals surface area contributed by atoms with Crippen molar-refractivity contribution >= 4 is 21.6 Å². The van der Waals surface area contributed by atoms with E-state index < -0.39 is 10.0 Å². The molecule has 0 aliphatic rings. The van der Waals surface area contributed by atoms with Crippen molar-refractivity contribution in [2.75, 3.05) is 24.2 Å². The molecule has 0 unspecified atom stereocenters. The molecular weight excluding hydrogens is 316 g/mol. The predicted molar refractivity (Wildman–Crippen MR) is 92.3 cm³/mol. The van der Waals surface area contributed by atoms with Crippen molar-refractivity contribution in [3.05, 3.63) is 24.3 Å². The minimum absolute atomic E-state index is 0.0827. The molecule has 0 bridgehead atoms. The van der Waals surface area contributed by atoms with Gasteiger partial charge in [-0.15, -0.1) is 0 Å². The number of carbonyl (C=O) groups excluding carboxylic acids is 1. The van der Waals surface area contributed by atoms with E-state index in [1.165, 1.54) is 4.31 Å². The number of amides is 1. The molecule has 1 N–H and O–H groups in total. The third-order valence-electron chi connectivity index (χ3n) is 3.04. The number of nitrogens with one attached hydrogen (secondary N) is 1. The van der Waals surface area contributed by atoms with E-state index in [4.69, 9.17) is 4.74 Å². The van der Waals surface area contributed by atoms with E-state index in [-0.39, 0.29) is 24.4 Å². The minimum atomic E-state index is -3.41. The van der Waals surface area contributed by atoms with Crippen molar-refractivity contribution in [3.8, 4) is 5.75 Å². The average Bonchev–Trinajstić information content (AvgIpc) is 2.40. The van der Waals surface area contributed by atoms with E-state index in [0.717, 1.165) is 6.26 Å². The second kappa shape index (κ2) is 7.68. The molecule has 0 heterocycles. The summed E-state index contributed by atoms with van der Waals surface area (Å²) in [6.07, 6.45) is 1.88. The average molecular weight is 342 g/mol. The number of rotatable bonds is 7. The number of benzene rings is 1. The van der Waals surface area contributed by atoms with Gasteiger partial charge in [-0.2, -0.15) is 0 Å². The number of hydrogen-bond donors (Lipinski definition) is 1. The summed E-state index contributed by atoms with van der Waals surface area (Å²) in [6.45, 7) is 5.98. The zero-order valence-corrected chi connectivity index (χ0v) is 15.2. The van der Waals surface area contributed by atoms with E-state index in [0.29, 0.717) is 17.9 Å². The van der Waals surface area contributed by atoms with Crippen LogP contribution in [0.1, 0.15) is 33.6 Å². The van der Waals surface area contributed by atoms with Gasteiger partial charge in [0, 0.05) is 18.5 Å². The molecule has 0 spiro atoms. The second-order valence-electron chi connectivity index (χ2n) is 6.43. The van der Waals surface area contributed by atoms with Gasteiger partial charge in [-0.3, -0.25) is 9.10 Å². The molecule has 0 aliphatic carbocycles. The third kappa shape index (κ3) is 6.90. The van der Waals surface area contributed by atoms with Gasteiger partial charge in [0.2, 0.25) is 15.9 Å². The van der Waals surface area contributed by atoms with Gasteiger partial charge in [-0.1, -0.05) is 0 Å². The van der Waals surface area contributed by atoms with Crippen LogP contribution in [0.4, 0.5) is 5.69 Å². The fourth-order valence-corrected chi connectivity index (χ4v) is 3.06. The molecule has 0 saturated carbocycles. The van der Waals surface area contributed by atoms with Gasteiger partial charge in [0.05, 0.1) is 19.1 Å². The normalized spacial score (nSPS) is 11.9. The summed E-state index contributed by atoms with van der Waals surface area (Å²) in [4.78, 5) is 11.8. The Morgan fingerprint density at radius 2 is 1.78 bits per heavy atom. The molecule has 0 saturated heterocycles. The van der Waals surface area contributed by atoms with Crippen molar-refractivity contribution in [1.29, 1.82) is 0 Å². The standard InChI is InChI=1S/C16H26N2O4S/c1-16(2,3)17-15(19)7-6-12-18(23(5,20)21)13-8-10-14(22-4)11-9-13/h8-11H,6-7,12H2,1-5H3,(H,17,19). The lowest BCUT2D eigenvalue weighted by Crippen LogP contribution is -2.41. The Balaban J connectivity index is 2.72. The maximum absolute atomic E-state index is 12.0. The first-order valence-electron chi connectivity index (χ1n) is 7.46. The summed E-state index contributed by atoms with van der Waals surface area (Å²) < 4.78 is 30.3. The molecule has 1 aromatic carbocycles. The van der Waals surface area contributed by atoms with Gasteiger partial charge in [-0.25, -0.2) is 8.42 Å². The molecule has 23 heavy (non-hydrogen) atoms. The lowest BCUT2D eigenvalue weighted by molar-refractivity contribution is -0.122. The van der Waals surface area contributed by atoms with Crippen LogP contribution in [-0.2, 0) is 14.8 Å². The highest BCUT2D eigenvalue weighted by molar-refractivity contribution is 7.92. The van der Waals surface area contributed by atoms with Gasteiger partial charge in [0.15, 0.2) is 0 Å². The SMILES string of the molecule is COc1ccc(N(CCCC(=O)NC(C)(C)C)S(C)(=O)=O)cc1. The summed E-state index contributed by atoms with van der Waals surface area (Å²) in [6, 6.07) is 6.80. The highest BCUT2D eigenvalue weighted by Crippen LogP contribution is 2.21. The number of hydrogen-bond acceptors (Lipinski definition) is 4. The highest BCUT2D eigenvalue weighted by atomic mass is 32.2. The molecule has 0 atom stereocenters. The van der Waals surface area contributed by atoms with E-state index in [9.17, 15) is 13.2 Å². The quantitative estimate of drug-likeness (QED) is 0.824. The Labute approximate surface area is 138 Å². The second-order valence-corrected chi connectivity index (χ2v) is 8.34. The van der Waals surface area contributed by atoms with Gasteiger partial charge in [0.25, 0.3) is 0 Å². The summed E-state index contributed by atoms with van der Waals surface area (Å²) in [5.74, 6) is 0.576. The summed E-state index contributed by atoms with van der Waals surface area (Å²) in [5, 5.41) is 2.86. The largest absolute Gasteiger partial charge is 0.497 e. The third-order valence-corrected chi connectivity index (χ3v) is 4.23. The Hall–Kier alpha value is -1.76. The summed E-state index contributed by atoms with van der Waals surface area (Å²) >= 11 is 0. The lowest BCUT2D eigenvalue weighted by atomic mass is 10.1. The first kappa shape index (κ1) is 19.3. The Morgan fingerprint density at radius 3 is 2.22 bits per heavy atom. The molecule has 7 heteroatoms. The molecular formula is C16H26N2O4S. The number of carbonyl (C=O) groups is 1. The van der Waals surface area contributed by atoms with Crippen LogP contribution in [0.5, 0.6) is 5.75 Å². The van der Waals surface area contributed by atoms with Crippen LogP contribution >= 0.6 is 0 Å². The molecule has 0 aromatic heterocycles. The predicted octanol–water partition coefficient (Wildman–Crippen LogP) is 2.16. The van der Waals surface area contributed by atoms with Crippen LogP contribution in [0.15, 0.2) is 24.3 Å². The zero-order chi connectivity index (χ0) is 17.7. The number of nitrogens with zero attached hydrogens (tertiary/aromatic N) is 1. The van der Waals surface area contributed by atoms with Crippen molar-refractivity contribution in [2.24, 2.45) is 0 Å². The maximum atomic E-state index is 12.0. The highest BCUT2D eigenvalue weighted by Gasteiger charge is 2.18. The fraction of sp³-hybridized carbons (Fsp3) is 0.562. The van der Waals surface area contributed by atoms with E-state index in [1.807, 2.05) is 20.8 Å². The van der Waals surface area contributed by atoms with Crippen LogP contribution in [0.25, 0.3) is 0 Å². The molecule has 1 amide bonds. The van der Waals surface area contributed by atoms with E-state index >= 15 is 0 Å². The first-order valence-corrected chi connectivity index (χ1v) is 9.30. The Kier molecular flexibility index (Phi) is 6.44. The van der Waals surface area contributed by atoms with Crippen LogP contribution in [-0.4, -0.2) is 39.8 Å². The fourth-order valence-electron chi connectivity index (χ4n) is 2.10. The summed E-state index contributed by atoms with van der Waals surface area (Å²) in [7, 11) is -1.86. The van der Waals surface area contributed by atoms with Gasteiger partial charge < -0.3 is 10.1 Å². The number of sulfonamides is 1. The Bertz CT molecular complexity index is 618. The summed E-state index contributed by atoms with van der Waals surface area (Å²) in [5.41, 5.74) is 0.272. The van der Waals surface area contributed by atoms with Crippen molar-refractivity contribution in [1.82, 2.24) is 5.32 Å². The monoisotopic (exact) mass is 342 g/mol. The lowest BCUT2D eigenvalue weighted by Gasteiger charge is -2.23. The van der Waals surface area contributed by atoms with Crippen molar-refractivity contribution in [3.63, 3.8) is 0 Å². The molecule has 6 nitrogen and oxygen atoms in total. The van der Waals surface area contributed by atoms with Crippen LogP contribution < -0.4 is 14.4 Å². The molecule has 1 aromatic rings. The number of ether oxygens (including phenoxy) is 1. The van der Waals surface area contributed by atoms with Gasteiger partial charge >= 0.3 is 0 Å². The molecule has 0 aliphatic heterocycles. The van der Waals surface area contributed by atoms with E-state index in [2.05, 4.69) is 5.32 Å². The van der Waals surface area contributed by atoms with Gasteiger partial charge in [-0.05, 0) is 51.5 Å². The number of anilines is 1. The van der Waals surface area contributed by atoms with Crippen molar-refractivity contribution in [2.45, 2.75) is 39.2 Å². The van der Waals surface area contributed by atoms with Gasteiger partial charge in [0.1, 0.15) is 5.75 Å². The number of methoxy groups -OCH3 is 1. The van der Waals surface area contributed by atoms with Crippen LogP contribution in [0, 0.1) is 0 Å². The molecule has 0 radical (unpaired) electrons. The van der Waals surface area contributed by atoms with Crippen LogP contribution in [0.3, 0.4) is 0 Å². The molecule has 130 valence electrons. The first-order chi connectivity index (χ1) is 10.5. The molecule has 0 fully saturated rings. The van der Waals surface area contributed by atoms with E-state index in [1.54, 1.807) is 31.4 Å².